The van der Waals surface area contributed by atoms with Crippen LogP contribution in [0.4, 0.5) is 0 Å². The number of ether oxygens (including phenoxy) is 1. The summed E-state index contributed by atoms with van der Waals surface area (Å²) in [7, 11) is 0. The number of piperidine rings is 1. The van der Waals surface area contributed by atoms with Crippen LogP contribution in [0.5, 0.6) is 0 Å². The van der Waals surface area contributed by atoms with E-state index in [9.17, 15) is 4.79 Å². The van der Waals surface area contributed by atoms with Crippen molar-refractivity contribution < 1.29 is 9.53 Å². The predicted molar refractivity (Wildman–Crippen MR) is 71.4 cm³/mol. The molecule has 0 aromatic carbocycles. The first-order valence-corrected chi connectivity index (χ1v) is 7.29. The summed E-state index contributed by atoms with van der Waals surface area (Å²) in [4.78, 5) is 14.6. The van der Waals surface area contributed by atoms with Crippen LogP contribution in [0, 0.1) is 5.92 Å². The van der Waals surface area contributed by atoms with Gasteiger partial charge in [0.15, 0.2) is 0 Å². The van der Waals surface area contributed by atoms with Crippen molar-refractivity contribution in [2.24, 2.45) is 5.92 Å². The van der Waals surface area contributed by atoms with Crippen LogP contribution in [0.15, 0.2) is 0 Å². The van der Waals surface area contributed by atoms with Gasteiger partial charge < -0.3 is 15.0 Å². The summed E-state index contributed by atoms with van der Waals surface area (Å²) in [6.07, 6.45) is 3.95. The monoisotopic (exact) mass is 254 g/mol. The highest BCUT2D eigenvalue weighted by molar-refractivity contribution is 5.79. The standard InChI is InChI=1S/C14H26N2O2/c1-11(2)16-7-3-13(4-8-16)15-14(17)12-5-9-18-10-6-12/h11-13H,3-10H2,1-2H3,(H,15,17). The number of amides is 1. The van der Waals surface area contributed by atoms with E-state index in [-0.39, 0.29) is 11.8 Å². The van der Waals surface area contributed by atoms with Gasteiger partial charge in [0.2, 0.25) is 5.91 Å². The molecule has 4 heteroatoms. The van der Waals surface area contributed by atoms with Crippen LogP contribution >= 0.6 is 0 Å². The number of nitrogens with one attached hydrogen (secondary N) is 1. The Balaban J connectivity index is 1.72. The third kappa shape index (κ3) is 3.69. The van der Waals surface area contributed by atoms with E-state index in [2.05, 4.69) is 24.1 Å². The van der Waals surface area contributed by atoms with Gasteiger partial charge in [-0.3, -0.25) is 4.79 Å². The topological polar surface area (TPSA) is 41.6 Å². The molecule has 2 aliphatic heterocycles. The molecule has 0 unspecified atom stereocenters. The van der Waals surface area contributed by atoms with E-state index in [1.165, 1.54) is 0 Å². The maximum Gasteiger partial charge on any atom is 0.223 e. The van der Waals surface area contributed by atoms with Crippen molar-refractivity contribution in [1.82, 2.24) is 10.2 Å². The minimum absolute atomic E-state index is 0.182. The molecule has 0 aromatic rings. The van der Waals surface area contributed by atoms with Gasteiger partial charge in [-0.15, -0.1) is 0 Å². The quantitative estimate of drug-likeness (QED) is 0.828. The summed E-state index contributed by atoms with van der Waals surface area (Å²) in [5.74, 6) is 0.433. The van der Waals surface area contributed by atoms with Crippen molar-refractivity contribution in [2.75, 3.05) is 26.3 Å². The smallest absolute Gasteiger partial charge is 0.223 e. The molecule has 2 fully saturated rings. The second-order valence-electron chi connectivity index (χ2n) is 5.80. The normalized spacial score (nSPS) is 24.4. The fraction of sp³-hybridized carbons (Fsp3) is 0.929. The van der Waals surface area contributed by atoms with Crippen LogP contribution in [0.3, 0.4) is 0 Å². The molecule has 4 nitrogen and oxygen atoms in total. The van der Waals surface area contributed by atoms with E-state index in [1.54, 1.807) is 0 Å². The first-order chi connectivity index (χ1) is 8.66. The Hall–Kier alpha value is -0.610. The lowest BCUT2D eigenvalue weighted by Gasteiger charge is -2.35. The minimum Gasteiger partial charge on any atom is -0.381 e. The molecule has 0 radical (unpaired) electrons. The molecule has 2 aliphatic rings. The highest BCUT2D eigenvalue weighted by atomic mass is 16.5. The van der Waals surface area contributed by atoms with Crippen molar-refractivity contribution >= 4 is 5.91 Å². The second-order valence-corrected chi connectivity index (χ2v) is 5.80. The van der Waals surface area contributed by atoms with Gasteiger partial charge in [-0.2, -0.15) is 0 Å². The van der Waals surface area contributed by atoms with Crippen LogP contribution in [0.1, 0.15) is 39.5 Å². The van der Waals surface area contributed by atoms with E-state index >= 15 is 0 Å². The Bertz CT molecular complexity index is 267. The van der Waals surface area contributed by atoms with Gasteiger partial charge in [0.25, 0.3) is 0 Å². The average Bonchev–Trinajstić information content (AvgIpc) is 2.40. The minimum atomic E-state index is 0.182. The number of nitrogens with zero attached hydrogens (tertiary/aromatic N) is 1. The molecule has 2 rings (SSSR count). The van der Waals surface area contributed by atoms with Gasteiger partial charge in [0.05, 0.1) is 0 Å². The molecule has 2 saturated heterocycles. The molecule has 0 aromatic heterocycles. The van der Waals surface area contributed by atoms with Crippen LogP contribution in [0.2, 0.25) is 0 Å². The number of carbonyl (C=O) groups is 1. The van der Waals surface area contributed by atoms with Gasteiger partial charge in [0, 0.05) is 44.3 Å². The number of carbonyl (C=O) groups excluding carboxylic acids is 1. The molecule has 2 heterocycles. The van der Waals surface area contributed by atoms with Crippen molar-refractivity contribution in [3.05, 3.63) is 0 Å². The maximum atomic E-state index is 12.1. The van der Waals surface area contributed by atoms with E-state index in [0.717, 1.165) is 52.0 Å². The van der Waals surface area contributed by atoms with E-state index in [1.807, 2.05) is 0 Å². The van der Waals surface area contributed by atoms with Crippen molar-refractivity contribution in [3.8, 4) is 0 Å². The summed E-state index contributed by atoms with van der Waals surface area (Å²) in [5, 5.41) is 3.23. The summed E-state index contributed by atoms with van der Waals surface area (Å²) in [5.41, 5.74) is 0. The lowest BCUT2D eigenvalue weighted by Crippen LogP contribution is -2.48. The highest BCUT2D eigenvalue weighted by Gasteiger charge is 2.26. The zero-order chi connectivity index (χ0) is 13.0. The van der Waals surface area contributed by atoms with Gasteiger partial charge in [-0.1, -0.05) is 0 Å². The van der Waals surface area contributed by atoms with Crippen molar-refractivity contribution in [3.63, 3.8) is 0 Å². The highest BCUT2D eigenvalue weighted by Crippen LogP contribution is 2.17. The van der Waals surface area contributed by atoms with Crippen LogP contribution in [0.25, 0.3) is 0 Å². The van der Waals surface area contributed by atoms with Gasteiger partial charge in [-0.25, -0.2) is 0 Å². The van der Waals surface area contributed by atoms with E-state index < -0.39 is 0 Å². The van der Waals surface area contributed by atoms with Crippen LogP contribution in [-0.4, -0.2) is 49.2 Å². The summed E-state index contributed by atoms with van der Waals surface area (Å²) >= 11 is 0. The van der Waals surface area contributed by atoms with E-state index in [4.69, 9.17) is 4.74 Å². The number of likely N-dealkylation sites (tertiary alicyclic amines) is 1. The third-order valence-corrected chi connectivity index (χ3v) is 4.20. The first-order valence-electron chi connectivity index (χ1n) is 7.29. The molecule has 0 aliphatic carbocycles. The summed E-state index contributed by atoms with van der Waals surface area (Å²) in [6.45, 7) is 8.17. The molecule has 0 atom stereocenters. The Labute approximate surface area is 110 Å². The second kappa shape index (κ2) is 6.53. The molecule has 1 amide bonds. The average molecular weight is 254 g/mol. The molecule has 0 spiro atoms. The zero-order valence-corrected chi connectivity index (χ0v) is 11.7. The Morgan fingerprint density at radius 2 is 1.78 bits per heavy atom. The van der Waals surface area contributed by atoms with Crippen molar-refractivity contribution in [1.29, 1.82) is 0 Å². The Morgan fingerprint density at radius 3 is 2.33 bits per heavy atom. The molecule has 1 N–H and O–H groups in total. The third-order valence-electron chi connectivity index (χ3n) is 4.20. The number of hydrogen-bond donors (Lipinski definition) is 1. The van der Waals surface area contributed by atoms with E-state index in [0.29, 0.717) is 12.1 Å². The molecular weight excluding hydrogens is 228 g/mol. The fourth-order valence-electron chi connectivity index (χ4n) is 2.84. The summed E-state index contributed by atoms with van der Waals surface area (Å²) in [6, 6.07) is 1.01. The SMILES string of the molecule is CC(C)N1CCC(NC(=O)C2CCOCC2)CC1. The lowest BCUT2D eigenvalue weighted by molar-refractivity contribution is -0.128. The number of rotatable bonds is 3. The van der Waals surface area contributed by atoms with Gasteiger partial charge >= 0.3 is 0 Å². The van der Waals surface area contributed by atoms with Gasteiger partial charge in [-0.05, 0) is 39.5 Å². The lowest BCUT2D eigenvalue weighted by atomic mass is 9.97. The Kier molecular flexibility index (Phi) is 5.01. The predicted octanol–water partition coefficient (Wildman–Crippen LogP) is 1.40. The molecule has 0 saturated carbocycles. The molecular formula is C14H26N2O2. The van der Waals surface area contributed by atoms with Crippen molar-refractivity contribution in [2.45, 2.75) is 51.6 Å². The van der Waals surface area contributed by atoms with Crippen LogP contribution in [-0.2, 0) is 9.53 Å². The van der Waals surface area contributed by atoms with Gasteiger partial charge in [0.1, 0.15) is 0 Å². The Morgan fingerprint density at radius 1 is 1.17 bits per heavy atom. The molecule has 104 valence electrons. The van der Waals surface area contributed by atoms with Crippen LogP contribution < -0.4 is 5.32 Å². The maximum absolute atomic E-state index is 12.1. The summed E-state index contributed by atoms with van der Waals surface area (Å²) < 4.78 is 5.29. The fourth-order valence-corrected chi connectivity index (χ4v) is 2.84. The largest absolute Gasteiger partial charge is 0.381 e. The zero-order valence-electron chi connectivity index (χ0n) is 11.7. The molecule has 0 bridgehead atoms. The number of hydrogen-bond acceptors (Lipinski definition) is 3. The first kappa shape index (κ1) is 13.8. The molecule has 18 heavy (non-hydrogen) atoms.